The van der Waals surface area contributed by atoms with Gasteiger partial charge in [0, 0.05) is 12.7 Å². The quantitative estimate of drug-likeness (QED) is 0.899. The van der Waals surface area contributed by atoms with Crippen molar-refractivity contribution in [3.8, 4) is 5.75 Å². The molecule has 4 heteroatoms. The third-order valence-electron chi connectivity index (χ3n) is 4.25. The van der Waals surface area contributed by atoms with Gasteiger partial charge < -0.3 is 14.6 Å². The Morgan fingerprint density at radius 3 is 2.50 bits per heavy atom. The minimum atomic E-state index is -0.743. The molecule has 0 unspecified atom stereocenters. The van der Waals surface area contributed by atoms with Gasteiger partial charge in [-0.2, -0.15) is 0 Å². The molecule has 2 rings (SSSR count). The zero-order chi connectivity index (χ0) is 14.6. The Labute approximate surface area is 119 Å². The van der Waals surface area contributed by atoms with Crippen molar-refractivity contribution in [3.63, 3.8) is 0 Å². The number of carbonyl (C=O) groups is 1. The van der Waals surface area contributed by atoms with E-state index in [0.29, 0.717) is 19.4 Å². The molecule has 20 heavy (non-hydrogen) atoms. The zero-order valence-corrected chi connectivity index (χ0v) is 12.1. The summed E-state index contributed by atoms with van der Waals surface area (Å²) < 4.78 is 10.5. The van der Waals surface area contributed by atoms with Gasteiger partial charge in [-0.15, -0.1) is 0 Å². The topological polar surface area (TPSA) is 55.8 Å². The molecular weight excluding hydrogens is 256 g/mol. The van der Waals surface area contributed by atoms with Crippen molar-refractivity contribution in [1.29, 1.82) is 0 Å². The Hall–Kier alpha value is -1.55. The molecule has 0 heterocycles. The molecule has 110 valence electrons. The van der Waals surface area contributed by atoms with Gasteiger partial charge in [0.1, 0.15) is 5.75 Å². The first kappa shape index (κ1) is 14.9. The third kappa shape index (κ3) is 2.66. The number of carboxylic acid groups (broad SMARTS) is 1. The smallest absolute Gasteiger partial charge is 0.314 e. The van der Waals surface area contributed by atoms with Crippen molar-refractivity contribution in [3.05, 3.63) is 29.3 Å². The summed E-state index contributed by atoms with van der Waals surface area (Å²) in [4.78, 5) is 11.8. The number of carboxylic acids is 1. The van der Waals surface area contributed by atoms with Crippen LogP contribution >= 0.6 is 0 Å². The van der Waals surface area contributed by atoms with Gasteiger partial charge in [0.05, 0.1) is 19.1 Å². The van der Waals surface area contributed by atoms with E-state index in [1.165, 1.54) is 0 Å². The van der Waals surface area contributed by atoms with Crippen molar-refractivity contribution < 1.29 is 19.4 Å². The Morgan fingerprint density at radius 2 is 1.95 bits per heavy atom. The number of aliphatic carboxylic acids is 1. The second-order valence-corrected chi connectivity index (χ2v) is 5.41. The molecule has 4 nitrogen and oxygen atoms in total. The van der Waals surface area contributed by atoms with Gasteiger partial charge in [-0.3, -0.25) is 4.79 Å². The van der Waals surface area contributed by atoms with Gasteiger partial charge in [0.2, 0.25) is 0 Å². The number of hydrogen-bond acceptors (Lipinski definition) is 3. The molecule has 1 aliphatic carbocycles. The van der Waals surface area contributed by atoms with Crippen LogP contribution < -0.4 is 4.74 Å². The lowest BCUT2D eigenvalue weighted by Crippen LogP contribution is -2.37. The molecule has 0 atom stereocenters. The van der Waals surface area contributed by atoms with Crippen molar-refractivity contribution in [2.45, 2.75) is 44.1 Å². The van der Waals surface area contributed by atoms with E-state index in [1.807, 2.05) is 18.2 Å². The maximum absolute atomic E-state index is 11.8. The normalized spacial score (nSPS) is 17.7. The third-order valence-corrected chi connectivity index (χ3v) is 4.25. The summed E-state index contributed by atoms with van der Waals surface area (Å²) >= 11 is 0. The Bertz CT molecular complexity index is 475. The fraction of sp³-hybridized carbons (Fsp3) is 0.562. The van der Waals surface area contributed by atoms with Crippen LogP contribution in [0, 0.1) is 0 Å². The molecule has 0 amide bonds. The molecule has 0 bridgehead atoms. The number of ether oxygens (including phenoxy) is 2. The SMILES string of the molecule is COCc1cc(C2(C(=O)O)CCCCC2)ccc1OC. The number of hydrogen-bond donors (Lipinski definition) is 1. The summed E-state index contributed by atoms with van der Waals surface area (Å²) in [5.74, 6) is 0.0256. The molecule has 1 saturated carbocycles. The first-order valence-corrected chi connectivity index (χ1v) is 7.04. The lowest BCUT2D eigenvalue weighted by atomic mass is 9.69. The fourth-order valence-corrected chi connectivity index (χ4v) is 3.13. The van der Waals surface area contributed by atoms with Crippen molar-refractivity contribution in [2.24, 2.45) is 0 Å². The Morgan fingerprint density at radius 1 is 1.25 bits per heavy atom. The van der Waals surface area contributed by atoms with E-state index < -0.39 is 11.4 Å². The van der Waals surface area contributed by atoms with E-state index in [4.69, 9.17) is 9.47 Å². The van der Waals surface area contributed by atoms with Gasteiger partial charge in [-0.1, -0.05) is 25.3 Å². The van der Waals surface area contributed by atoms with E-state index in [1.54, 1.807) is 14.2 Å². The van der Waals surface area contributed by atoms with E-state index in [9.17, 15) is 9.90 Å². The standard InChI is InChI=1S/C16H22O4/c1-19-11-12-10-13(6-7-14(12)20-2)16(15(17)18)8-4-3-5-9-16/h6-7,10H,3-5,8-9,11H2,1-2H3,(H,17,18). The summed E-state index contributed by atoms with van der Waals surface area (Å²) in [7, 11) is 3.24. The maximum atomic E-state index is 11.8. The second kappa shape index (κ2) is 6.27. The van der Waals surface area contributed by atoms with Gasteiger partial charge in [-0.05, 0) is 30.5 Å². The van der Waals surface area contributed by atoms with Crippen LogP contribution in [0.25, 0.3) is 0 Å². The minimum absolute atomic E-state index is 0.423. The summed E-state index contributed by atoms with van der Waals surface area (Å²) in [5, 5.41) is 9.73. The van der Waals surface area contributed by atoms with Gasteiger partial charge in [0.15, 0.2) is 0 Å². The lowest BCUT2D eigenvalue weighted by molar-refractivity contribution is -0.145. The van der Waals surface area contributed by atoms with Gasteiger partial charge in [-0.25, -0.2) is 0 Å². The molecule has 1 aliphatic rings. The number of methoxy groups -OCH3 is 2. The lowest BCUT2D eigenvalue weighted by Gasteiger charge is -2.34. The van der Waals surface area contributed by atoms with Crippen LogP contribution in [0.4, 0.5) is 0 Å². The average Bonchev–Trinajstić information content (AvgIpc) is 2.48. The molecular formula is C16H22O4. The van der Waals surface area contributed by atoms with Crippen LogP contribution in [0.1, 0.15) is 43.2 Å². The zero-order valence-electron chi connectivity index (χ0n) is 12.1. The molecule has 0 aromatic heterocycles. The highest BCUT2D eigenvalue weighted by atomic mass is 16.5. The van der Waals surface area contributed by atoms with E-state index in [-0.39, 0.29) is 0 Å². The van der Waals surface area contributed by atoms with Gasteiger partial charge in [0.25, 0.3) is 0 Å². The average molecular weight is 278 g/mol. The van der Waals surface area contributed by atoms with Crippen LogP contribution in [0.15, 0.2) is 18.2 Å². The molecule has 0 spiro atoms. The largest absolute Gasteiger partial charge is 0.496 e. The minimum Gasteiger partial charge on any atom is -0.496 e. The highest BCUT2D eigenvalue weighted by Crippen LogP contribution is 2.41. The van der Waals surface area contributed by atoms with E-state index >= 15 is 0 Å². The van der Waals surface area contributed by atoms with Crippen LogP contribution in [0.3, 0.4) is 0 Å². The highest BCUT2D eigenvalue weighted by molar-refractivity contribution is 5.81. The number of rotatable bonds is 5. The molecule has 0 radical (unpaired) electrons. The monoisotopic (exact) mass is 278 g/mol. The molecule has 1 N–H and O–H groups in total. The molecule has 1 aromatic rings. The molecule has 0 aliphatic heterocycles. The first-order chi connectivity index (χ1) is 9.64. The summed E-state index contributed by atoms with van der Waals surface area (Å²) in [6.07, 6.45) is 4.48. The fourth-order valence-electron chi connectivity index (χ4n) is 3.13. The van der Waals surface area contributed by atoms with Crippen LogP contribution in [0.2, 0.25) is 0 Å². The summed E-state index contributed by atoms with van der Waals surface area (Å²) in [6.45, 7) is 0.423. The van der Waals surface area contributed by atoms with Crippen molar-refractivity contribution in [1.82, 2.24) is 0 Å². The summed E-state index contributed by atoms with van der Waals surface area (Å²) in [5.41, 5.74) is 1.03. The Kier molecular flexibility index (Phi) is 4.65. The van der Waals surface area contributed by atoms with Crippen LogP contribution in [-0.2, 0) is 21.6 Å². The Balaban J connectivity index is 2.43. The predicted molar refractivity (Wildman–Crippen MR) is 76.1 cm³/mol. The maximum Gasteiger partial charge on any atom is 0.314 e. The molecule has 1 fully saturated rings. The van der Waals surface area contributed by atoms with Crippen LogP contribution in [-0.4, -0.2) is 25.3 Å². The van der Waals surface area contributed by atoms with E-state index in [2.05, 4.69) is 0 Å². The first-order valence-electron chi connectivity index (χ1n) is 7.04. The number of benzene rings is 1. The second-order valence-electron chi connectivity index (χ2n) is 5.41. The van der Waals surface area contributed by atoms with Crippen molar-refractivity contribution >= 4 is 5.97 Å². The predicted octanol–water partition coefficient (Wildman–Crippen LogP) is 3.13. The van der Waals surface area contributed by atoms with Crippen LogP contribution in [0.5, 0.6) is 5.75 Å². The molecule has 0 saturated heterocycles. The van der Waals surface area contributed by atoms with Crippen molar-refractivity contribution in [2.75, 3.05) is 14.2 Å². The molecule has 1 aromatic carbocycles. The highest BCUT2D eigenvalue weighted by Gasteiger charge is 2.41. The summed E-state index contributed by atoms with van der Waals surface area (Å²) in [6, 6.07) is 5.67. The van der Waals surface area contributed by atoms with Gasteiger partial charge >= 0.3 is 5.97 Å². The van der Waals surface area contributed by atoms with E-state index in [0.717, 1.165) is 36.1 Å².